The number of nitrogens with zero attached hydrogens (tertiary/aromatic N) is 1. The SMILES string of the molecule is CCOc1ccc(F)c(-c2ccc(C3CC3N)cn2)c1.Cl. The number of nitrogens with two attached hydrogens (primary N) is 1. The molecule has 1 fully saturated rings. The zero-order chi connectivity index (χ0) is 14.1. The van der Waals surface area contributed by atoms with Gasteiger partial charge in [-0.05, 0) is 43.2 Å². The topological polar surface area (TPSA) is 48.1 Å². The highest BCUT2D eigenvalue weighted by Crippen LogP contribution is 2.39. The quantitative estimate of drug-likeness (QED) is 0.940. The first-order chi connectivity index (χ1) is 9.69. The van der Waals surface area contributed by atoms with Gasteiger partial charge in [0.25, 0.3) is 0 Å². The molecule has 1 aliphatic rings. The van der Waals surface area contributed by atoms with E-state index in [-0.39, 0.29) is 24.3 Å². The molecule has 0 spiro atoms. The largest absolute Gasteiger partial charge is 0.494 e. The van der Waals surface area contributed by atoms with Gasteiger partial charge < -0.3 is 10.5 Å². The van der Waals surface area contributed by atoms with Crippen LogP contribution in [-0.4, -0.2) is 17.6 Å². The molecule has 0 bridgehead atoms. The van der Waals surface area contributed by atoms with Gasteiger partial charge in [-0.15, -0.1) is 12.4 Å². The Bertz CT molecular complexity index is 618. The molecule has 0 radical (unpaired) electrons. The third-order valence-electron chi connectivity index (χ3n) is 3.58. The second kappa shape index (κ2) is 6.41. The van der Waals surface area contributed by atoms with Gasteiger partial charge in [0, 0.05) is 23.7 Å². The molecule has 1 aromatic heterocycles. The van der Waals surface area contributed by atoms with Crippen LogP contribution in [0.25, 0.3) is 11.3 Å². The molecule has 1 aromatic carbocycles. The summed E-state index contributed by atoms with van der Waals surface area (Å²) in [6.07, 6.45) is 2.80. The first-order valence-electron chi connectivity index (χ1n) is 6.83. The van der Waals surface area contributed by atoms with Crippen molar-refractivity contribution in [2.24, 2.45) is 5.73 Å². The van der Waals surface area contributed by atoms with Crippen LogP contribution in [0.1, 0.15) is 24.8 Å². The zero-order valence-corrected chi connectivity index (χ0v) is 12.6. The van der Waals surface area contributed by atoms with E-state index in [9.17, 15) is 4.39 Å². The summed E-state index contributed by atoms with van der Waals surface area (Å²) in [4.78, 5) is 4.36. The minimum absolute atomic E-state index is 0. The number of benzene rings is 1. The van der Waals surface area contributed by atoms with E-state index in [0.717, 1.165) is 12.0 Å². The van der Waals surface area contributed by atoms with Crippen molar-refractivity contribution in [3.05, 3.63) is 47.9 Å². The number of hydrogen-bond acceptors (Lipinski definition) is 3. The van der Waals surface area contributed by atoms with Crippen LogP contribution in [0.2, 0.25) is 0 Å². The molecule has 2 N–H and O–H groups in total. The minimum Gasteiger partial charge on any atom is -0.494 e. The molecule has 0 saturated heterocycles. The van der Waals surface area contributed by atoms with Crippen LogP contribution < -0.4 is 10.5 Å². The predicted molar refractivity (Wildman–Crippen MR) is 83.4 cm³/mol. The van der Waals surface area contributed by atoms with Crippen molar-refractivity contribution in [3.8, 4) is 17.0 Å². The summed E-state index contributed by atoms with van der Waals surface area (Å²) in [7, 11) is 0. The Kier molecular flexibility index (Phi) is 4.80. The maximum atomic E-state index is 13.9. The number of rotatable bonds is 4. The first kappa shape index (κ1) is 15.7. The van der Waals surface area contributed by atoms with Gasteiger partial charge in [0.2, 0.25) is 0 Å². The second-order valence-corrected chi connectivity index (χ2v) is 5.06. The van der Waals surface area contributed by atoms with Crippen LogP contribution in [0.5, 0.6) is 5.75 Å². The average molecular weight is 309 g/mol. The molecule has 3 nitrogen and oxygen atoms in total. The maximum Gasteiger partial charge on any atom is 0.132 e. The van der Waals surface area contributed by atoms with Gasteiger partial charge >= 0.3 is 0 Å². The van der Waals surface area contributed by atoms with Crippen molar-refractivity contribution in [1.82, 2.24) is 4.98 Å². The molecule has 0 aliphatic heterocycles. The number of ether oxygens (including phenoxy) is 1. The number of aromatic nitrogens is 1. The van der Waals surface area contributed by atoms with Gasteiger partial charge in [-0.25, -0.2) is 4.39 Å². The van der Waals surface area contributed by atoms with Gasteiger partial charge in [-0.2, -0.15) is 0 Å². The lowest BCUT2D eigenvalue weighted by Crippen LogP contribution is -2.01. The molecule has 2 unspecified atom stereocenters. The third kappa shape index (κ3) is 3.34. The van der Waals surface area contributed by atoms with Gasteiger partial charge in [0.1, 0.15) is 11.6 Å². The number of pyridine rings is 1. The lowest BCUT2D eigenvalue weighted by atomic mass is 10.1. The highest BCUT2D eigenvalue weighted by atomic mass is 35.5. The van der Waals surface area contributed by atoms with Crippen molar-refractivity contribution in [1.29, 1.82) is 0 Å². The Morgan fingerprint density at radius 1 is 1.33 bits per heavy atom. The molecule has 0 amide bonds. The Morgan fingerprint density at radius 3 is 2.67 bits per heavy atom. The molecule has 5 heteroatoms. The van der Waals surface area contributed by atoms with E-state index in [1.165, 1.54) is 6.07 Å². The van der Waals surface area contributed by atoms with Crippen LogP contribution in [0, 0.1) is 5.82 Å². The highest BCUT2D eigenvalue weighted by molar-refractivity contribution is 5.85. The molecule has 112 valence electrons. The average Bonchev–Trinajstić information content (AvgIpc) is 3.19. The van der Waals surface area contributed by atoms with Gasteiger partial charge in [-0.1, -0.05) is 6.07 Å². The molecule has 1 aliphatic carbocycles. The Labute approximate surface area is 129 Å². The zero-order valence-electron chi connectivity index (χ0n) is 11.8. The minimum atomic E-state index is -0.295. The van der Waals surface area contributed by atoms with E-state index in [4.69, 9.17) is 10.5 Å². The third-order valence-corrected chi connectivity index (χ3v) is 3.58. The summed E-state index contributed by atoms with van der Waals surface area (Å²) in [5, 5.41) is 0. The molecule has 21 heavy (non-hydrogen) atoms. The van der Waals surface area contributed by atoms with Crippen LogP contribution in [0.3, 0.4) is 0 Å². The van der Waals surface area contributed by atoms with Crippen LogP contribution in [-0.2, 0) is 0 Å². The summed E-state index contributed by atoms with van der Waals surface area (Å²) in [6, 6.07) is 8.79. The molecular formula is C16H18ClFN2O. The molecule has 2 aromatic rings. The molecule has 3 rings (SSSR count). The lowest BCUT2D eigenvalue weighted by Gasteiger charge is -2.08. The summed E-state index contributed by atoms with van der Waals surface area (Å²) < 4.78 is 19.3. The van der Waals surface area contributed by atoms with E-state index < -0.39 is 0 Å². The summed E-state index contributed by atoms with van der Waals surface area (Å²) in [5.41, 5.74) is 8.02. The Morgan fingerprint density at radius 2 is 2.10 bits per heavy atom. The standard InChI is InChI=1S/C16H17FN2O.ClH/c1-2-20-11-4-5-14(17)13(7-11)16-6-3-10(9-19-16)12-8-15(12)18;/h3-7,9,12,15H,2,8,18H2,1H3;1H. The van der Waals surface area contributed by atoms with E-state index in [0.29, 0.717) is 29.5 Å². The van der Waals surface area contributed by atoms with Crippen molar-refractivity contribution >= 4 is 12.4 Å². The lowest BCUT2D eigenvalue weighted by molar-refractivity contribution is 0.340. The predicted octanol–water partition coefficient (Wildman–Crippen LogP) is 3.52. The van der Waals surface area contributed by atoms with Gasteiger partial charge in [0.15, 0.2) is 0 Å². The monoisotopic (exact) mass is 308 g/mol. The van der Waals surface area contributed by atoms with Crippen molar-refractivity contribution in [2.75, 3.05) is 6.61 Å². The van der Waals surface area contributed by atoms with Crippen molar-refractivity contribution in [2.45, 2.75) is 25.3 Å². The Hall–Kier alpha value is -1.65. The van der Waals surface area contributed by atoms with Crippen LogP contribution >= 0.6 is 12.4 Å². The fraction of sp³-hybridized carbons (Fsp3) is 0.312. The van der Waals surface area contributed by atoms with E-state index >= 15 is 0 Å². The first-order valence-corrected chi connectivity index (χ1v) is 6.83. The van der Waals surface area contributed by atoms with Gasteiger partial charge in [0.05, 0.1) is 12.3 Å². The molecule has 2 atom stereocenters. The molecular weight excluding hydrogens is 291 g/mol. The van der Waals surface area contributed by atoms with E-state index in [1.807, 2.05) is 19.1 Å². The summed E-state index contributed by atoms with van der Waals surface area (Å²) in [6.45, 7) is 2.45. The normalized spacial score (nSPS) is 19.8. The maximum absolute atomic E-state index is 13.9. The number of halogens is 2. The smallest absolute Gasteiger partial charge is 0.132 e. The fourth-order valence-corrected chi connectivity index (χ4v) is 2.34. The van der Waals surface area contributed by atoms with Crippen LogP contribution in [0.4, 0.5) is 4.39 Å². The van der Waals surface area contributed by atoms with Gasteiger partial charge in [-0.3, -0.25) is 4.98 Å². The Balaban J connectivity index is 0.00000161. The number of hydrogen-bond donors (Lipinski definition) is 1. The van der Waals surface area contributed by atoms with E-state index in [1.54, 1.807) is 18.3 Å². The van der Waals surface area contributed by atoms with Crippen molar-refractivity contribution in [3.63, 3.8) is 0 Å². The second-order valence-electron chi connectivity index (χ2n) is 5.06. The van der Waals surface area contributed by atoms with Crippen LogP contribution in [0.15, 0.2) is 36.5 Å². The fourth-order valence-electron chi connectivity index (χ4n) is 2.34. The highest BCUT2D eigenvalue weighted by Gasteiger charge is 2.34. The summed E-state index contributed by atoms with van der Waals surface area (Å²) >= 11 is 0. The molecule has 1 heterocycles. The van der Waals surface area contributed by atoms with Crippen molar-refractivity contribution < 1.29 is 9.13 Å². The van der Waals surface area contributed by atoms with E-state index in [2.05, 4.69) is 4.98 Å². The summed E-state index contributed by atoms with van der Waals surface area (Å²) in [5.74, 6) is 0.770. The molecule has 1 saturated carbocycles.